The topological polar surface area (TPSA) is 63.6 Å². The first-order valence-electron chi connectivity index (χ1n) is 5.67. The molecule has 1 aromatic rings. The number of ether oxygens (including phenoxy) is 2. The smallest absolute Gasteiger partial charge is 0.142 e. The van der Waals surface area contributed by atoms with E-state index in [1.807, 2.05) is 19.1 Å². The molecule has 1 rings (SSSR count). The summed E-state index contributed by atoms with van der Waals surface area (Å²) in [6.07, 6.45) is 0. The lowest BCUT2D eigenvalue weighted by Gasteiger charge is -2.11. The van der Waals surface area contributed by atoms with E-state index >= 15 is 0 Å². The van der Waals surface area contributed by atoms with Gasteiger partial charge in [0, 0.05) is 25.9 Å². The second kappa shape index (κ2) is 8.00. The van der Waals surface area contributed by atoms with Gasteiger partial charge in [-0.15, -0.1) is 0 Å². The second-order valence-electron chi connectivity index (χ2n) is 3.64. The third kappa shape index (κ3) is 5.12. The van der Waals surface area contributed by atoms with Crippen LogP contribution in [0.2, 0.25) is 0 Å². The Morgan fingerprint density at radius 1 is 1.35 bits per heavy atom. The van der Waals surface area contributed by atoms with E-state index in [1.165, 1.54) is 0 Å². The Morgan fingerprint density at radius 2 is 2.18 bits per heavy atom. The predicted molar refractivity (Wildman–Crippen MR) is 65.1 cm³/mol. The highest BCUT2D eigenvalue weighted by Crippen LogP contribution is 2.16. The Morgan fingerprint density at radius 3 is 2.88 bits per heavy atom. The first kappa shape index (κ1) is 13.9. The first-order valence-corrected chi connectivity index (χ1v) is 5.67. The molecule has 0 spiro atoms. The molecule has 5 nitrogen and oxygen atoms in total. The molecule has 5 heteroatoms. The molecule has 0 saturated carbocycles. The van der Waals surface area contributed by atoms with Crippen LogP contribution in [0.4, 0.5) is 0 Å². The normalized spacial score (nSPS) is 10.5. The Balaban J connectivity index is 2.56. The van der Waals surface area contributed by atoms with E-state index in [-0.39, 0.29) is 13.2 Å². The minimum Gasteiger partial charge on any atom is -0.489 e. The lowest BCUT2D eigenvalue weighted by atomic mass is 10.3. The molecule has 0 amide bonds. The highest BCUT2D eigenvalue weighted by molar-refractivity contribution is 5.29. The molecule has 0 bridgehead atoms. The molecule has 0 atom stereocenters. The van der Waals surface area contributed by atoms with E-state index in [2.05, 4.69) is 10.3 Å². The number of nitrogens with one attached hydrogen (secondary N) is 1. The summed E-state index contributed by atoms with van der Waals surface area (Å²) in [6, 6.07) is 3.77. The molecule has 0 unspecified atom stereocenters. The van der Waals surface area contributed by atoms with E-state index in [4.69, 9.17) is 14.6 Å². The molecular formula is C12H20N2O3. The van der Waals surface area contributed by atoms with Gasteiger partial charge in [0.15, 0.2) is 0 Å². The first-order chi connectivity index (χ1) is 8.27. The molecule has 1 aromatic heterocycles. The average molecular weight is 240 g/mol. The standard InChI is InChI=1S/C12H20N2O3/c1-10-3-4-12(17-8-6-15)11(14-10)9-13-5-7-16-2/h3-4,13,15H,5-9H2,1-2H3. The molecule has 1 heterocycles. The number of aromatic nitrogens is 1. The summed E-state index contributed by atoms with van der Waals surface area (Å²) in [4.78, 5) is 4.41. The largest absolute Gasteiger partial charge is 0.489 e. The number of aliphatic hydroxyl groups is 1. The number of hydrogen-bond acceptors (Lipinski definition) is 5. The van der Waals surface area contributed by atoms with E-state index < -0.39 is 0 Å². The third-order valence-electron chi connectivity index (χ3n) is 2.20. The minimum absolute atomic E-state index is 0.00438. The lowest BCUT2D eigenvalue weighted by Crippen LogP contribution is -2.20. The second-order valence-corrected chi connectivity index (χ2v) is 3.64. The fraction of sp³-hybridized carbons (Fsp3) is 0.583. The molecule has 0 radical (unpaired) electrons. The molecule has 0 aliphatic rings. The van der Waals surface area contributed by atoms with Crippen LogP contribution < -0.4 is 10.1 Å². The number of nitrogens with zero attached hydrogens (tertiary/aromatic N) is 1. The van der Waals surface area contributed by atoms with Gasteiger partial charge < -0.3 is 19.9 Å². The van der Waals surface area contributed by atoms with Crippen molar-refractivity contribution in [2.45, 2.75) is 13.5 Å². The zero-order valence-corrected chi connectivity index (χ0v) is 10.4. The molecule has 96 valence electrons. The minimum atomic E-state index is 0.00438. The van der Waals surface area contributed by atoms with Gasteiger partial charge in [0.1, 0.15) is 12.4 Å². The maximum atomic E-state index is 8.74. The van der Waals surface area contributed by atoms with Gasteiger partial charge in [-0.3, -0.25) is 4.98 Å². The molecule has 17 heavy (non-hydrogen) atoms. The number of aryl methyl sites for hydroxylation is 1. The maximum Gasteiger partial charge on any atom is 0.142 e. The van der Waals surface area contributed by atoms with Crippen molar-refractivity contribution in [2.75, 3.05) is 33.5 Å². The fourth-order valence-electron chi connectivity index (χ4n) is 1.39. The monoisotopic (exact) mass is 240 g/mol. The molecule has 2 N–H and O–H groups in total. The number of rotatable bonds is 8. The summed E-state index contributed by atoms with van der Waals surface area (Å²) >= 11 is 0. The van der Waals surface area contributed by atoms with Crippen molar-refractivity contribution in [1.82, 2.24) is 10.3 Å². The zero-order valence-electron chi connectivity index (χ0n) is 10.4. The van der Waals surface area contributed by atoms with Gasteiger partial charge in [-0.25, -0.2) is 0 Å². The zero-order chi connectivity index (χ0) is 12.5. The summed E-state index contributed by atoms with van der Waals surface area (Å²) in [5.41, 5.74) is 1.81. The summed E-state index contributed by atoms with van der Waals surface area (Å²) in [5.74, 6) is 0.717. The number of methoxy groups -OCH3 is 1. The van der Waals surface area contributed by atoms with Gasteiger partial charge in [-0.2, -0.15) is 0 Å². The Kier molecular flexibility index (Phi) is 6.54. The lowest BCUT2D eigenvalue weighted by molar-refractivity contribution is 0.195. The highest BCUT2D eigenvalue weighted by atomic mass is 16.5. The van der Waals surface area contributed by atoms with Crippen LogP contribution >= 0.6 is 0 Å². The summed E-state index contributed by atoms with van der Waals surface area (Å²) < 4.78 is 10.4. The van der Waals surface area contributed by atoms with Crippen LogP contribution in [0.3, 0.4) is 0 Å². The van der Waals surface area contributed by atoms with Gasteiger partial charge >= 0.3 is 0 Å². The van der Waals surface area contributed by atoms with E-state index in [0.717, 1.165) is 23.7 Å². The number of aliphatic hydroxyl groups excluding tert-OH is 1. The van der Waals surface area contributed by atoms with Crippen molar-refractivity contribution in [3.8, 4) is 5.75 Å². The van der Waals surface area contributed by atoms with Gasteiger partial charge in [0.05, 0.1) is 18.9 Å². The van der Waals surface area contributed by atoms with Crippen LogP contribution in [-0.4, -0.2) is 43.6 Å². The van der Waals surface area contributed by atoms with Crippen molar-refractivity contribution in [3.05, 3.63) is 23.5 Å². The van der Waals surface area contributed by atoms with Gasteiger partial charge in [-0.1, -0.05) is 0 Å². The molecular weight excluding hydrogens is 220 g/mol. The Bertz CT molecular complexity index is 332. The van der Waals surface area contributed by atoms with E-state index in [0.29, 0.717) is 13.2 Å². The van der Waals surface area contributed by atoms with Crippen LogP contribution in [0.25, 0.3) is 0 Å². The molecule has 0 aliphatic carbocycles. The van der Waals surface area contributed by atoms with E-state index in [9.17, 15) is 0 Å². The summed E-state index contributed by atoms with van der Waals surface area (Å²) in [6.45, 7) is 4.30. The maximum absolute atomic E-state index is 8.74. The highest BCUT2D eigenvalue weighted by Gasteiger charge is 2.05. The van der Waals surface area contributed by atoms with Crippen LogP contribution in [0.15, 0.2) is 12.1 Å². The summed E-state index contributed by atoms with van der Waals surface area (Å²) in [5, 5.41) is 12.0. The van der Waals surface area contributed by atoms with Crippen LogP contribution in [0.1, 0.15) is 11.4 Å². The summed E-state index contributed by atoms with van der Waals surface area (Å²) in [7, 11) is 1.67. The van der Waals surface area contributed by atoms with Crippen molar-refractivity contribution in [3.63, 3.8) is 0 Å². The quantitative estimate of drug-likeness (QED) is 0.648. The van der Waals surface area contributed by atoms with Crippen molar-refractivity contribution in [2.24, 2.45) is 0 Å². The molecule has 0 fully saturated rings. The van der Waals surface area contributed by atoms with Crippen LogP contribution in [0.5, 0.6) is 5.75 Å². The number of pyridine rings is 1. The Hall–Kier alpha value is -1.17. The molecule has 0 saturated heterocycles. The van der Waals surface area contributed by atoms with Crippen LogP contribution in [0, 0.1) is 6.92 Å². The SMILES string of the molecule is COCCNCc1nc(C)ccc1OCCO. The molecule has 0 aliphatic heterocycles. The Labute approximate surface area is 102 Å². The van der Waals surface area contributed by atoms with Crippen molar-refractivity contribution >= 4 is 0 Å². The van der Waals surface area contributed by atoms with Crippen molar-refractivity contribution in [1.29, 1.82) is 0 Å². The number of hydrogen-bond donors (Lipinski definition) is 2. The van der Waals surface area contributed by atoms with E-state index in [1.54, 1.807) is 7.11 Å². The fourth-order valence-corrected chi connectivity index (χ4v) is 1.39. The molecule has 0 aromatic carbocycles. The average Bonchev–Trinajstić information content (AvgIpc) is 2.33. The van der Waals surface area contributed by atoms with Gasteiger partial charge in [0.2, 0.25) is 0 Å². The predicted octanol–water partition coefficient (Wildman–Crippen LogP) is 0.497. The van der Waals surface area contributed by atoms with Crippen LogP contribution in [-0.2, 0) is 11.3 Å². The third-order valence-corrected chi connectivity index (χ3v) is 2.20. The van der Waals surface area contributed by atoms with Gasteiger partial charge in [-0.05, 0) is 19.1 Å². The van der Waals surface area contributed by atoms with Crippen molar-refractivity contribution < 1.29 is 14.6 Å². The van der Waals surface area contributed by atoms with Gasteiger partial charge in [0.25, 0.3) is 0 Å².